The Morgan fingerprint density at radius 1 is 1.00 bits per heavy atom. The highest BCUT2D eigenvalue weighted by Gasteiger charge is 2.36. The molecule has 2 unspecified atom stereocenters. The van der Waals surface area contributed by atoms with Gasteiger partial charge in [-0.05, 0) is 79.5 Å². The van der Waals surface area contributed by atoms with Crippen molar-refractivity contribution in [2.45, 2.75) is 77.0 Å². The van der Waals surface area contributed by atoms with Gasteiger partial charge in [0.25, 0.3) is 0 Å². The van der Waals surface area contributed by atoms with Crippen LogP contribution in [0.15, 0.2) is 48.5 Å². The molecular formula is C27H35NO. The Labute approximate surface area is 176 Å². The Morgan fingerprint density at radius 3 is 2.31 bits per heavy atom. The van der Waals surface area contributed by atoms with Crippen LogP contribution in [0.4, 0.5) is 0 Å². The summed E-state index contributed by atoms with van der Waals surface area (Å²) in [6, 6.07) is 20.7. The Balaban J connectivity index is 1.67. The molecule has 3 rings (SSSR count). The molecule has 29 heavy (non-hydrogen) atoms. The fraction of sp³-hybridized carbons (Fsp3) is 0.519. The van der Waals surface area contributed by atoms with Crippen molar-refractivity contribution in [1.29, 1.82) is 5.26 Å². The predicted octanol–water partition coefficient (Wildman–Crippen LogP) is 7.03. The van der Waals surface area contributed by atoms with Crippen LogP contribution in [0.1, 0.15) is 81.8 Å². The van der Waals surface area contributed by atoms with E-state index < -0.39 is 0 Å². The zero-order chi connectivity index (χ0) is 20.5. The first-order valence-corrected chi connectivity index (χ1v) is 11.4. The van der Waals surface area contributed by atoms with Crippen LogP contribution >= 0.6 is 0 Å². The average Bonchev–Trinajstić information content (AvgIpc) is 2.78. The number of hydrogen-bond donors (Lipinski definition) is 1. The molecule has 0 amide bonds. The molecular weight excluding hydrogens is 354 g/mol. The van der Waals surface area contributed by atoms with E-state index in [4.69, 9.17) is 5.11 Å². The molecule has 0 aliphatic heterocycles. The van der Waals surface area contributed by atoms with E-state index in [0.29, 0.717) is 5.92 Å². The highest BCUT2D eigenvalue weighted by molar-refractivity contribution is 5.64. The summed E-state index contributed by atoms with van der Waals surface area (Å²) in [4.78, 5) is 0. The molecule has 1 saturated carbocycles. The van der Waals surface area contributed by atoms with Crippen LogP contribution in [-0.4, -0.2) is 11.7 Å². The van der Waals surface area contributed by atoms with E-state index in [1.54, 1.807) is 0 Å². The molecule has 1 N–H and O–H groups in total. The lowest BCUT2D eigenvalue weighted by Gasteiger charge is -2.36. The first kappa shape index (κ1) is 21.6. The number of nitriles is 1. The van der Waals surface area contributed by atoms with Gasteiger partial charge in [-0.2, -0.15) is 5.26 Å². The molecule has 2 aromatic rings. The zero-order valence-corrected chi connectivity index (χ0v) is 17.9. The number of unbranched alkanes of at least 4 members (excludes halogenated alkanes) is 2. The Kier molecular flexibility index (Phi) is 7.90. The molecule has 2 atom stereocenters. The van der Waals surface area contributed by atoms with Gasteiger partial charge in [0, 0.05) is 6.61 Å². The lowest BCUT2D eigenvalue weighted by atomic mass is 9.66. The molecule has 0 aromatic heterocycles. The zero-order valence-electron chi connectivity index (χ0n) is 17.9. The summed E-state index contributed by atoms with van der Waals surface area (Å²) in [6.45, 7) is 2.46. The van der Waals surface area contributed by atoms with E-state index in [1.807, 2.05) is 0 Å². The van der Waals surface area contributed by atoms with Crippen molar-refractivity contribution in [1.82, 2.24) is 0 Å². The third-order valence-electron chi connectivity index (χ3n) is 6.63. The number of aliphatic hydroxyl groups is 1. The third kappa shape index (κ3) is 5.71. The predicted molar refractivity (Wildman–Crippen MR) is 121 cm³/mol. The third-order valence-corrected chi connectivity index (χ3v) is 6.63. The Hall–Kier alpha value is -2.11. The topological polar surface area (TPSA) is 44.0 Å². The normalized spacial score (nSPS) is 21.6. The number of benzene rings is 2. The van der Waals surface area contributed by atoms with Crippen molar-refractivity contribution in [3.63, 3.8) is 0 Å². The van der Waals surface area contributed by atoms with Gasteiger partial charge in [0.05, 0.1) is 11.5 Å². The SMILES string of the molecule is CCCCc1ccc(-c2ccc(C3CCCC(C#N)(CCCCO)C3)cc2)cc1. The molecule has 154 valence electrons. The summed E-state index contributed by atoms with van der Waals surface area (Å²) < 4.78 is 0. The number of aryl methyl sites for hydroxylation is 1. The van der Waals surface area contributed by atoms with Crippen LogP contribution in [-0.2, 0) is 6.42 Å². The van der Waals surface area contributed by atoms with Gasteiger partial charge in [-0.25, -0.2) is 0 Å². The monoisotopic (exact) mass is 389 g/mol. The van der Waals surface area contributed by atoms with Gasteiger partial charge in [-0.3, -0.25) is 0 Å². The molecule has 1 aliphatic rings. The molecule has 2 heteroatoms. The van der Waals surface area contributed by atoms with Crippen LogP contribution in [0.3, 0.4) is 0 Å². The summed E-state index contributed by atoms with van der Waals surface area (Å²) in [5.41, 5.74) is 5.13. The van der Waals surface area contributed by atoms with Crippen molar-refractivity contribution in [2.75, 3.05) is 6.61 Å². The minimum absolute atomic E-state index is 0.203. The number of hydrogen-bond acceptors (Lipinski definition) is 2. The van der Waals surface area contributed by atoms with E-state index in [2.05, 4.69) is 61.5 Å². The first-order chi connectivity index (χ1) is 14.2. The smallest absolute Gasteiger partial charge is 0.0689 e. The number of nitrogens with zero attached hydrogens (tertiary/aromatic N) is 1. The minimum Gasteiger partial charge on any atom is -0.396 e. The summed E-state index contributed by atoms with van der Waals surface area (Å²) in [5, 5.41) is 18.9. The van der Waals surface area contributed by atoms with Crippen LogP contribution in [0.2, 0.25) is 0 Å². The highest BCUT2D eigenvalue weighted by Crippen LogP contribution is 2.46. The van der Waals surface area contributed by atoms with Gasteiger partial charge in [0.15, 0.2) is 0 Å². The van der Waals surface area contributed by atoms with Gasteiger partial charge < -0.3 is 5.11 Å². The van der Waals surface area contributed by atoms with Crippen molar-refractivity contribution in [3.8, 4) is 17.2 Å². The molecule has 0 bridgehead atoms. The molecule has 1 fully saturated rings. The fourth-order valence-corrected chi connectivity index (χ4v) is 4.80. The van der Waals surface area contributed by atoms with E-state index >= 15 is 0 Å². The molecule has 0 radical (unpaired) electrons. The van der Waals surface area contributed by atoms with E-state index in [1.165, 1.54) is 41.5 Å². The summed E-state index contributed by atoms with van der Waals surface area (Å²) >= 11 is 0. The Bertz CT molecular complexity index is 787. The standard InChI is InChI=1S/C27H35NO/c1-2-3-7-22-9-11-23(12-10-22)24-13-15-25(16-14-24)26-8-6-18-27(20-26,21-28)17-4-5-19-29/h9-16,26,29H,2-8,17-20H2,1H3. The van der Waals surface area contributed by atoms with Gasteiger partial charge in [0.2, 0.25) is 0 Å². The molecule has 0 spiro atoms. The number of aliphatic hydroxyl groups excluding tert-OH is 1. The average molecular weight is 390 g/mol. The van der Waals surface area contributed by atoms with E-state index in [9.17, 15) is 5.26 Å². The fourth-order valence-electron chi connectivity index (χ4n) is 4.80. The second kappa shape index (κ2) is 10.6. The van der Waals surface area contributed by atoms with Gasteiger partial charge in [0.1, 0.15) is 0 Å². The quantitative estimate of drug-likeness (QED) is 0.468. The van der Waals surface area contributed by atoms with Crippen molar-refractivity contribution in [3.05, 3.63) is 59.7 Å². The van der Waals surface area contributed by atoms with Crippen molar-refractivity contribution >= 4 is 0 Å². The minimum atomic E-state index is -0.203. The molecule has 1 aliphatic carbocycles. The molecule has 2 aromatic carbocycles. The van der Waals surface area contributed by atoms with Crippen LogP contribution in [0.5, 0.6) is 0 Å². The largest absolute Gasteiger partial charge is 0.396 e. The van der Waals surface area contributed by atoms with Gasteiger partial charge in [-0.15, -0.1) is 0 Å². The summed E-state index contributed by atoms with van der Waals surface area (Å²) in [7, 11) is 0. The first-order valence-electron chi connectivity index (χ1n) is 11.4. The maximum absolute atomic E-state index is 9.86. The van der Waals surface area contributed by atoms with Crippen LogP contribution in [0.25, 0.3) is 11.1 Å². The molecule has 0 saturated heterocycles. The highest BCUT2D eigenvalue weighted by atomic mass is 16.2. The molecule has 0 heterocycles. The van der Waals surface area contributed by atoms with Crippen molar-refractivity contribution < 1.29 is 5.11 Å². The van der Waals surface area contributed by atoms with E-state index in [-0.39, 0.29) is 12.0 Å². The van der Waals surface area contributed by atoms with Crippen LogP contribution in [0, 0.1) is 16.7 Å². The summed E-state index contributed by atoms with van der Waals surface area (Å²) in [5.74, 6) is 0.475. The second-order valence-corrected chi connectivity index (χ2v) is 8.79. The molecule has 2 nitrogen and oxygen atoms in total. The Morgan fingerprint density at radius 2 is 1.69 bits per heavy atom. The lowest BCUT2D eigenvalue weighted by molar-refractivity contribution is 0.208. The lowest BCUT2D eigenvalue weighted by Crippen LogP contribution is -2.26. The maximum atomic E-state index is 9.86. The van der Waals surface area contributed by atoms with Crippen LogP contribution < -0.4 is 0 Å². The summed E-state index contributed by atoms with van der Waals surface area (Å²) in [6.07, 6.45) is 10.6. The van der Waals surface area contributed by atoms with Gasteiger partial charge >= 0.3 is 0 Å². The van der Waals surface area contributed by atoms with E-state index in [0.717, 1.165) is 44.9 Å². The number of rotatable bonds is 9. The van der Waals surface area contributed by atoms with Gasteiger partial charge in [-0.1, -0.05) is 68.3 Å². The van der Waals surface area contributed by atoms with Crippen molar-refractivity contribution in [2.24, 2.45) is 5.41 Å². The maximum Gasteiger partial charge on any atom is 0.0689 e. The second-order valence-electron chi connectivity index (χ2n) is 8.79.